The lowest BCUT2D eigenvalue weighted by Gasteiger charge is -2.09. The molecule has 0 saturated heterocycles. The van der Waals surface area contributed by atoms with Crippen molar-refractivity contribution >= 4 is 17.3 Å². The average Bonchev–Trinajstić information content (AvgIpc) is 2.23. The lowest BCUT2D eigenvalue weighted by Crippen LogP contribution is -2.16. The summed E-state index contributed by atoms with van der Waals surface area (Å²) >= 11 is 5.61. The Balaban J connectivity index is 2.64. The Kier molecular flexibility index (Phi) is 5.05. The fourth-order valence-electron chi connectivity index (χ4n) is 1.15. The molecule has 0 saturated carbocycles. The van der Waals surface area contributed by atoms with E-state index < -0.39 is 4.92 Å². The molecule has 0 amide bonds. The lowest BCUT2D eigenvalue weighted by molar-refractivity contribution is -0.386. The number of nitrogens with zero attached hydrogens (tertiary/aromatic N) is 4. The van der Waals surface area contributed by atoms with Crippen molar-refractivity contribution in [2.24, 2.45) is 0 Å². The minimum absolute atomic E-state index is 0.0891. The molecule has 0 N–H and O–H groups in total. The molecule has 94 valence electrons. The minimum atomic E-state index is -0.649. The van der Waals surface area contributed by atoms with Crippen molar-refractivity contribution in [3.05, 3.63) is 21.6 Å². The summed E-state index contributed by atoms with van der Waals surface area (Å²) in [6.07, 6.45) is 1.88. The highest BCUT2D eigenvalue weighted by atomic mass is 35.5. The van der Waals surface area contributed by atoms with Gasteiger partial charge in [0.25, 0.3) is 5.88 Å². The Morgan fingerprint density at radius 1 is 1.53 bits per heavy atom. The maximum absolute atomic E-state index is 10.7. The van der Waals surface area contributed by atoms with Crippen LogP contribution in [0.4, 0.5) is 5.69 Å². The van der Waals surface area contributed by atoms with Crippen molar-refractivity contribution in [3.8, 4) is 5.88 Å². The summed E-state index contributed by atoms with van der Waals surface area (Å²) in [6, 6.07) is 0. The molecule has 0 aliphatic carbocycles. The molecule has 1 heterocycles. The maximum atomic E-state index is 10.7. The molecule has 0 atom stereocenters. The predicted octanol–water partition coefficient (Wildman–Crippen LogP) is 1.37. The quantitative estimate of drug-likeness (QED) is 0.333. The fraction of sp³-hybridized carbons (Fsp3) is 0.556. The Labute approximate surface area is 104 Å². The summed E-state index contributed by atoms with van der Waals surface area (Å²) in [7, 11) is 3.87. The molecule has 0 radical (unpaired) electrons. The van der Waals surface area contributed by atoms with E-state index >= 15 is 0 Å². The van der Waals surface area contributed by atoms with Crippen LogP contribution in [0.25, 0.3) is 0 Å². The van der Waals surface area contributed by atoms with E-state index in [1.807, 2.05) is 19.0 Å². The minimum Gasteiger partial charge on any atom is -0.473 e. The highest BCUT2D eigenvalue weighted by molar-refractivity contribution is 6.31. The Morgan fingerprint density at radius 2 is 2.24 bits per heavy atom. The summed E-state index contributed by atoms with van der Waals surface area (Å²) in [5.41, 5.74) is -0.390. The van der Waals surface area contributed by atoms with E-state index in [1.54, 1.807) is 0 Å². The SMILES string of the molecule is CN(C)CCCOc1ncnc(Cl)c1[N+](=O)[O-]. The number of aromatic nitrogens is 2. The van der Waals surface area contributed by atoms with Crippen LogP contribution in [0.1, 0.15) is 6.42 Å². The van der Waals surface area contributed by atoms with E-state index in [2.05, 4.69) is 9.97 Å². The van der Waals surface area contributed by atoms with Crippen LogP contribution in [0, 0.1) is 10.1 Å². The first-order valence-corrected chi connectivity index (χ1v) is 5.32. The summed E-state index contributed by atoms with van der Waals surface area (Å²) in [4.78, 5) is 19.3. The van der Waals surface area contributed by atoms with Gasteiger partial charge in [-0.2, -0.15) is 4.98 Å². The second-order valence-electron chi connectivity index (χ2n) is 3.58. The predicted molar refractivity (Wildman–Crippen MR) is 62.4 cm³/mol. The Morgan fingerprint density at radius 3 is 2.82 bits per heavy atom. The topological polar surface area (TPSA) is 81.4 Å². The molecule has 1 rings (SSSR count). The summed E-state index contributed by atoms with van der Waals surface area (Å²) in [5, 5.41) is 10.5. The molecule has 0 aliphatic heterocycles. The van der Waals surface area contributed by atoms with E-state index in [4.69, 9.17) is 16.3 Å². The Bertz CT molecular complexity index is 400. The normalized spacial score (nSPS) is 10.6. The van der Waals surface area contributed by atoms with Crippen molar-refractivity contribution in [1.29, 1.82) is 0 Å². The zero-order valence-corrected chi connectivity index (χ0v) is 10.3. The van der Waals surface area contributed by atoms with Crippen molar-refractivity contribution in [2.75, 3.05) is 27.2 Å². The van der Waals surface area contributed by atoms with E-state index in [-0.39, 0.29) is 16.7 Å². The smallest absolute Gasteiger partial charge is 0.367 e. The second-order valence-corrected chi connectivity index (χ2v) is 3.94. The van der Waals surface area contributed by atoms with Gasteiger partial charge in [0.2, 0.25) is 5.15 Å². The van der Waals surface area contributed by atoms with Crippen molar-refractivity contribution in [3.63, 3.8) is 0 Å². The zero-order chi connectivity index (χ0) is 12.8. The van der Waals surface area contributed by atoms with Crippen molar-refractivity contribution in [1.82, 2.24) is 14.9 Å². The van der Waals surface area contributed by atoms with Gasteiger partial charge < -0.3 is 9.64 Å². The number of halogens is 1. The van der Waals surface area contributed by atoms with Crippen LogP contribution >= 0.6 is 11.6 Å². The van der Waals surface area contributed by atoms with E-state index in [1.165, 1.54) is 0 Å². The number of ether oxygens (including phenoxy) is 1. The van der Waals surface area contributed by atoms with Crippen molar-refractivity contribution < 1.29 is 9.66 Å². The highest BCUT2D eigenvalue weighted by Gasteiger charge is 2.22. The van der Waals surface area contributed by atoms with Crippen LogP contribution < -0.4 is 4.74 Å². The van der Waals surface area contributed by atoms with E-state index in [0.717, 1.165) is 19.3 Å². The monoisotopic (exact) mass is 260 g/mol. The largest absolute Gasteiger partial charge is 0.473 e. The second kappa shape index (κ2) is 6.31. The summed E-state index contributed by atoms with van der Waals surface area (Å²) in [6.45, 7) is 1.17. The third-order valence-corrected chi connectivity index (χ3v) is 2.19. The molecule has 1 aromatic rings. The molecule has 1 aromatic heterocycles. The van der Waals surface area contributed by atoms with Gasteiger partial charge in [0.15, 0.2) is 0 Å². The van der Waals surface area contributed by atoms with Crippen molar-refractivity contribution in [2.45, 2.75) is 6.42 Å². The van der Waals surface area contributed by atoms with Gasteiger partial charge in [0.1, 0.15) is 6.33 Å². The first-order valence-electron chi connectivity index (χ1n) is 4.94. The molecule has 0 fully saturated rings. The maximum Gasteiger partial charge on any atom is 0.367 e. The molecular formula is C9H13ClN4O3. The van der Waals surface area contributed by atoms with Gasteiger partial charge in [-0.15, -0.1) is 0 Å². The van der Waals surface area contributed by atoms with Gasteiger partial charge in [-0.1, -0.05) is 11.6 Å². The zero-order valence-electron chi connectivity index (χ0n) is 9.59. The van der Waals surface area contributed by atoms with Gasteiger partial charge in [0, 0.05) is 6.54 Å². The molecule has 0 bridgehead atoms. The first kappa shape index (κ1) is 13.6. The average molecular weight is 261 g/mol. The van der Waals surface area contributed by atoms with Gasteiger partial charge in [-0.05, 0) is 20.5 Å². The number of hydrogen-bond acceptors (Lipinski definition) is 6. The number of nitro groups is 1. The van der Waals surface area contributed by atoms with Gasteiger partial charge in [-0.25, -0.2) is 4.98 Å². The van der Waals surface area contributed by atoms with E-state index in [9.17, 15) is 10.1 Å². The van der Waals surface area contributed by atoms with Gasteiger partial charge >= 0.3 is 5.69 Å². The van der Waals surface area contributed by atoms with Crippen LogP contribution in [0.2, 0.25) is 5.15 Å². The third-order valence-electron chi connectivity index (χ3n) is 1.92. The molecule has 0 aliphatic rings. The van der Waals surface area contributed by atoms with Gasteiger partial charge in [-0.3, -0.25) is 10.1 Å². The lowest BCUT2D eigenvalue weighted by atomic mass is 10.4. The molecule has 0 aromatic carbocycles. The van der Waals surface area contributed by atoms with Crippen LogP contribution in [0.5, 0.6) is 5.88 Å². The molecule has 8 heteroatoms. The third kappa shape index (κ3) is 4.12. The highest BCUT2D eigenvalue weighted by Crippen LogP contribution is 2.30. The van der Waals surface area contributed by atoms with E-state index in [0.29, 0.717) is 6.61 Å². The first-order chi connectivity index (χ1) is 8.02. The Hall–Kier alpha value is -1.47. The standard InChI is InChI=1S/C9H13ClN4O3/c1-13(2)4-3-5-17-9-7(14(15)16)8(10)11-6-12-9/h6H,3-5H2,1-2H3. The van der Waals surface area contributed by atoms with Gasteiger partial charge in [0.05, 0.1) is 11.5 Å². The summed E-state index contributed by atoms with van der Waals surface area (Å²) < 4.78 is 5.23. The number of hydrogen-bond donors (Lipinski definition) is 0. The molecule has 17 heavy (non-hydrogen) atoms. The van der Waals surface area contributed by atoms with Crippen LogP contribution in [-0.4, -0.2) is 47.0 Å². The fourth-order valence-corrected chi connectivity index (χ4v) is 1.34. The molecular weight excluding hydrogens is 248 g/mol. The van der Waals surface area contributed by atoms with Crippen LogP contribution in [0.3, 0.4) is 0 Å². The molecule has 0 unspecified atom stereocenters. The van der Waals surface area contributed by atoms with Crippen LogP contribution in [0.15, 0.2) is 6.33 Å². The molecule has 0 spiro atoms. The number of rotatable bonds is 6. The summed E-state index contributed by atoms with van der Waals surface area (Å²) in [5.74, 6) is -0.0891. The molecule has 7 nitrogen and oxygen atoms in total. The van der Waals surface area contributed by atoms with Crippen LogP contribution in [-0.2, 0) is 0 Å².